The van der Waals surface area contributed by atoms with Crippen molar-refractivity contribution in [3.8, 4) is 5.75 Å². The second-order valence-corrected chi connectivity index (χ2v) is 6.04. The van der Waals surface area contributed by atoms with Gasteiger partial charge in [0, 0.05) is 18.7 Å². The first-order valence-corrected chi connectivity index (χ1v) is 7.04. The highest BCUT2D eigenvalue weighted by atomic mass is 16.5. The third kappa shape index (κ3) is 3.49. The van der Waals surface area contributed by atoms with Gasteiger partial charge in [-0.05, 0) is 38.2 Å². The van der Waals surface area contributed by atoms with E-state index in [0.29, 0.717) is 5.41 Å². The minimum Gasteiger partial charge on any atom is -0.491 e. The highest BCUT2D eigenvalue weighted by Crippen LogP contribution is 2.39. The molecule has 2 rings (SSSR count). The van der Waals surface area contributed by atoms with E-state index in [1.165, 1.54) is 24.8 Å². The number of nitrogens with one attached hydrogen (secondary N) is 1. The van der Waals surface area contributed by atoms with Crippen molar-refractivity contribution >= 4 is 0 Å². The van der Waals surface area contributed by atoms with Crippen LogP contribution in [-0.4, -0.2) is 12.6 Å². The van der Waals surface area contributed by atoms with Gasteiger partial charge in [0.05, 0.1) is 6.10 Å². The molecule has 0 amide bonds. The first kappa shape index (κ1) is 13.4. The number of para-hydroxylation sites is 1. The van der Waals surface area contributed by atoms with Crippen LogP contribution in [0.2, 0.25) is 0 Å². The molecule has 0 heterocycles. The summed E-state index contributed by atoms with van der Waals surface area (Å²) in [6.45, 7) is 8.53. The third-order valence-electron chi connectivity index (χ3n) is 3.76. The molecule has 1 fully saturated rings. The van der Waals surface area contributed by atoms with Crippen LogP contribution in [0.4, 0.5) is 0 Å². The molecule has 1 saturated carbocycles. The van der Waals surface area contributed by atoms with Gasteiger partial charge in [-0.25, -0.2) is 0 Å². The van der Waals surface area contributed by atoms with Gasteiger partial charge in [0.15, 0.2) is 0 Å². The Balaban J connectivity index is 1.88. The van der Waals surface area contributed by atoms with E-state index in [9.17, 15) is 0 Å². The minimum absolute atomic E-state index is 0.232. The van der Waals surface area contributed by atoms with E-state index in [4.69, 9.17) is 4.74 Å². The molecule has 0 unspecified atom stereocenters. The molecular formula is C16H25NO. The topological polar surface area (TPSA) is 21.3 Å². The maximum atomic E-state index is 5.83. The average Bonchev–Trinajstić information content (AvgIpc) is 2.28. The highest BCUT2D eigenvalue weighted by Gasteiger charge is 2.30. The Hall–Kier alpha value is -1.02. The van der Waals surface area contributed by atoms with Crippen LogP contribution in [-0.2, 0) is 6.54 Å². The Morgan fingerprint density at radius 3 is 2.61 bits per heavy atom. The molecule has 0 spiro atoms. The molecule has 18 heavy (non-hydrogen) atoms. The SMILES string of the molecule is CC(C)Oc1ccccc1CNCC1(C)CCC1. The van der Waals surface area contributed by atoms with Crippen LogP contribution >= 0.6 is 0 Å². The molecule has 1 aromatic carbocycles. The molecule has 1 aliphatic rings. The Kier molecular flexibility index (Phi) is 4.28. The van der Waals surface area contributed by atoms with Crippen LogP contribution in [0.5, 0.6) is 5.75 Å². The van der Waals surface area contributed by atoms with Crippen LogP contribution < -0.4 is 10.1 Å². The van der Waals surface area contributed by atoms with Gasteiger partial charge in [-0.15, -0.1) is 0 Å². The van der Waals surface area contributed by atoms with Gasteiger partial charge in [-0.1, -0.05) is 31.5 Å². The van der Waals surface area contributed by atoms with E-state index in [0.717, 1.165) is 18.8 Å². The summed E-state index contributed by atoms with van der Waals surface area (Å²) < 4.78 is 5.83. The van der Waals surface area contributed by atoms with Crippen molar-refractivity contribution in [1.82, 2.24) is 5.32 Å². The maximum absolute atomic E-state index is 5.83. The third-order valence-corrected chi connectivity index (χ3v) is 3.76. The lowest BCUT2D eigenvalue weighted by Gasteiger charge is -2.38. The number of hydrogen-bond donors (Lipinski definition) is 1. The van der Waals surface area contributed by atoms with E-state index in [2.05, 4.69) is 44.3 Å². The number of hydrogen-bond acceptors (Lipinski definition) is 2. The van der Waals surface area contributed by atoms with E-state index < -0.39 is 0 Å². The zero-order valence-electron chi connectivity index (χ0n) is 11.8. The van der Waals surface area contributed by atoms with E-state index in [1.54, 1.807) is 0 Å². The molecule has 0 aliphatic heterocycles. The molecule has 0 saturated heterocycles. The number of benzene rings is 1. The molecule has 1 aliphatic carbocycles. The predicted octanol–water partition coefficient (Wildman–Crippen LogP) is 3.75. The summed E-state index contributed by atoms with van der Waals surface area (Å²) in [4.78, 5) is 0. The highest BCUT2D eigenvalue weighted by molar-refractivity contribution is 5.33. The van der Waals surface area contributed by atoms with Gasteiger partial charge in [0.25, 0.3) is 0 Å². The van der Waals surface area contributed by atoms with E-state index in [1.807, 2.05) is 6.07 Å². The van der Waals surface area contributed by atoms with Crippen molar-refractivity contribution in [2.24, 2.45) is 5.41 Å². The largest absolute Gasteiger partial charge is 0.491 e. The summed E-state index contributed by atoms with van der Waals surface area (Å²) in [5.41, 5.74) is 1.79. The fourth-order valence-electron chi connectivity index (χ4n) is 2.47. The van der Waals surface area contributed by atoms with Gasteiger partial charge in [0.1, 0.15) is 5.75 Å². The second-order valence-electron chi connectivity index (χ2n) is 6.04. The molecule has 1 N–H and O–H groups in total. The van der Waals surface area contributed by atoms with Crippen LogP contribution in [0.3, 0.4) is 0 Å². The summed E-state index contributed by atoms with van der Waals surface area (Å²) in [6, 6.07) is 8.32. The smallest absolute Gasteiger partial charge is 0.124 e. The van der Waals surface area contributed by atoms with Crippen molar-refractivity contribution < 1.29 is 4.74 Å². The van der Waals surface area contributed by atoms with Crippen LogP contribution in [0.1, 0.15) is 45.6 Å². The van der Waals surface area contributed by atoms with Gasteiger partial charge in [-0.3, -0.25) is 0 Å². The summed E-state index contributed by atoms with van der Waals surface area (Å²) in [7, 11) is 0. The quantitative estimate of drug-likeness (QED) is 0.826. The number of ether oxygens (including phenoxy) is 1. The molecule has 2 nitrogen and oxygen atoms in total. The Morgan fingerprint density at radius 2 is 2.00 bits per heavy atom. The molecule has 0 aromatic heterocycles. The Morgan fingerprint density at radius 1 is 1.28 bits per heavy atom. The van der Waals surface area contributed by atoms with Crippen molar-refractivity contribution in [1.29, 1.82) is 0 Å². The van der Waals surface area contributed by atoms with Crippen molar-refractivity contribution in [2.75, 3.05) is 6.54 Å². The number of rotatable bonds is 6. The van der Waals surface area contributed by atoms with Crippen LogP contribution in [0, 0.1) is 5.41 Å². The molecular weight excluding hydrogens is 222 g/mol. The lowest BCUT2D eigenvalue weighted by atomic mass is 9.70. The first-order chi connectivity index (χ1) is 8.59. The predicted molar refractivity (Wildman–Crippen MR) is 75.9 cm³/mol. The van der Waals surface area contributed by atoms with Crippen molar-refractivity contribution in [3.63, 3.8) is 0 Å². The summed E-state index contributed by atoms with van der Waals surface area (Å²) >= 11 is 0. The Labute approximate surface area is 111 Å². The van der Waals surface area contributed by atoms with Crippen molar-refractivity contribution in [3.05, 3.63) is 29.8 Å². The minimum atomic E-state index is 0.232. The second kappa shape index (κ2) is 5.75. The lowest BCUT2D eigenvalue weighted by Crippen LogP contribution is -2.37. The summed E-state index contributed by atoms with van der Waals surface area (Å²) in [5, 5.41) is 3.58. The molecule has 0 atom stereocenters. The van der Waals surface area contributed by atoms with Gasteiger partial charge < -0.3 is 10.1 Å². The normalized spacial score (nSPS) is 17.6. The van der Waals surface area contributed by atoms with Gasteiger partial charge >= 0.3 is 0 Å². The van der Waals surface area contributed by atoms with Crippen LogP contribution in [0.25, 0.3) is 0 Å². The Bertz CT molecular complexity index is 382. The zero-order valence-corrected chi connectivity index (χ0v) is 11.8. The van der Waals surface area contributed by atoms with E-state index >= 15 is 0 Å². The van der Waals surface area contributed by atoms with E-state index in [-0.39, 0.29) is 6.10 Å². The molecule has 0 radical (unpaired) electrons. The monoisotopic (exact) mass is 247 g/mol. The first-order valence-electron chi connectivity index (χ1n) is 7.04. The fraction of sp³-hybridized carbons (Fsp3) is 0.625. The molecule has 2 heteroatoms. The average molecular weight is 247 g/mol. The van der Waals surface area contributed by atoms with Crippen molar-refractivity contribution in [2.45, 2.75) is 52.7 Å². The standard InChI is InChI=1S/C16H25NO/c1-13(2)18-15-8-5-4-7-14(15)11-17-12-16(3)9-6-10-16/h4-5,7-8,13,17H,6,9-12H2,1-3H3. The lowest BCUT2D eigenvalue weighted by molar-refractivity contribution is 0.156. The molecule has 100 valence electrons. The fourth-order valence-corrected chi connectivity index (χ4v) is 2.47. The summed E-state index contributed by atoms with van der Waals surface area (Å²) in [5.74, 6) is 1.01. The van der Waals surface area contributed by atoms with Crippen LogP contribution in [0.15, 0.2) is 24.3 Å². The zero-order chi connectivity index (χ0) is 13.0. The molecule has 1 aromatic rings. The summed E-state index contributed by atoms with van der Waals surface area (Å²) in [6.07, 6.45) is 4.36. The molecule has 0 bridgehead atoms. The van der Waals surface area contributed by atoms with Gasteiger partial charge in [0.2, 0.25) is 0 Å². The maximum Gasteiger partial charge on any atom is 0.124 e. The van der Waals surface area contributed by atoms with Gasteiger partial charge in [-0.2, -0.15) is 0 Å².